The van der Waals surface area contributed by atoms with E-state index in [1.807, 2.05) is 0 Å². The summed E-state index contributed by atoms with van der Waals surface area (Å²) in [5, 5.41) is 24.0. The number of phenols is 1. The maximum absolute atomic E-state index is 13.9. The van der Waals surface area contributed by atoms with Gasteiger partial charge in [0.05, 0.1) is 0 Å². The zero-order valence-corrected chi connectivity index (χ0v) is 13.4. The summed E-state index contributed by atoms with van der Waals surface area (Å²) in [5.41, 5.74) is 0.00716. The first kappa shape index (κ1) is 17.4. The van der Waals surface area contributed by atoms with Gasteiger partial charge in [-0.25, -0.2) is 4.39 Å². The predicted octanol–water partition coefficient (Wildman–Crippen LogP) is 3.29. The van der Waals surface area contributed by atoms with Gasteiger partial charge in [-0.05, 0) is 24.8 Å². The molecule has 23 heavy (non-hydrogen) atoms. The van der Waals surface area contributed by atoms with Crippen LogP contribution in [0, 0.1) is 22.6 Å². The van der Waals surface area contributed by atoms with E-state index in [4.69, 9.17) is 22.4 Å². The number of aromatic hydroxyl groups is 1. The van der Waals surface area contributed by atoms with Crippen molar-refractivity contribution < 1.29 is 14.3 Å². The molecule has 0 bridgehead atoms. The SMILES string of the molecule is N=C(Cl)CC(=N)C(=O)N(Cc1ccc(O)cc1F)CC1CCC1. The fraction of sp³-hybridized carbons (Fsp3) is 0.438. The van der Waals surface area contributed by atoms with Crippen LogP contribution in [0.1, 0.15) is 31.2 Å². The molecule has 0 spiro atoms. The Kier molecular flexibility index (Phi) is 5.71. The van der Waals surface area contributed by atoms with E-state index >= 15 is 0 Å². The summed E-state index contributed by atoms with van der Waals surface area (Å²) in [4.78, 5) is 13.8. The van der Waals surface area contributed by atoms with Gasteiger partial charge in [-0.2, -0.15) is 0 Å². The standard InChI is InChI=1S/C16H19ClFN3O2/c17-15(20)7-14(19)16(23)21(8-10-2-1-3-10)9-11-4-5-12(22)6-13(11)18/h4-6,10,19-20,22H,1-3,7-9H2. The molecule has 1 fully saturated rings. The molecule has 0 atom stereocenters. The van der Waals surface area contributed by atoms with Crippen LogP contribution < -0.4 is 0 Å². The predicted molar refractivity (Wildman–Crippen MR) is 86.7 cm³/mol. The van der Waals surface area contributed by atoms with Crippen molar-refractivity contribution in [1.29, 1.82) is 10.8 Å². The lowest BCUT2D eigenvalue weighted by Gasteiger charge is -2.32. The molecule has 2 rings (SSSR count). The first-order valence-corrected chi connectivity index (χ1v) is 7.81. The Labute approximate surface area is 139 Å². The molecule has 0 saturated heterocycles. The lowest BCUT2D eigenvalue weighted by molar-refractivity contribution is -0.125. The Bertz CT molecular complexity index is 632. The number of carbonyl (C=O) groups is 1. The number of halogens is 2. The van der Waals surface area contributed by atoms with E-state index in [9.17, 15) is 14.3 Å². The lowest BCUT2D eigenvalue weighted by atomic mass is 9.85. The van der Waals surface area contributed by atoms with Gasteiger partial charge in [0.1, 0.15) is 22.4 Å². The third-order valence-electron chi connectivity index (χ3n) is 3.98. The molecule has 1 amide bonds. The number of benzene rings is 1. The fourth-order valence-corrected chi connectivity index (χ4v) is 2.63. The van der Waals surface area contributed by atoms with Crippen molar-refractivity contribution in [2.45, 2.75) is 32.2 Å². The van der Waals surface area contributed by atoms with E-state index in [1.165, 1.54) is 17.0 Å². The number of nitrogens with one attached hydrogen (secondary N) is 2. The summed E-state index contributed by atoms with van der Waals surface area (Å²) in [6.45, 7) is 0.483. The minimum Gasteiger partial charge on any atom is -0.508 e. The monoisotopic (exact) mass is 339 g/mol. The molecule has 1 aromatic rings. The van der Waals surface area contributed by atoms with Crippen LogP contribution in [-0.2, 0) is 11.3 Å². The zero-order chi connectivity index (χ0) is 17.0. The van der Waals surface area contributed by atoms with Crippen LogP contribution in [-0.4, -0.2) is 33.3 Å². The quantitative estimate of drug-likeness (QED) is 0.665. The van der Waals surface area contributed by atoms with Gasteiger partial charge in [0, 0.05) is 31.1 Å². The van der Waals surface area contributed by atoms with Gasteiger partial charge in [0.25, 0.3) is 5.91 Å². The summed E-state index contributed by atoms with van der Waals surface area (Å²) in [6.07, 6.45) is 2.92. The molecule has 124 valence electrons. The van der Waals surface area contributed by atoms with E-state index in [1.54, 1.807) is 0 Å². The van der Waals surface area contributed by atoms with Gasteiger partial charge in [-0.15, -0.1) is 0 Å². The first-order chi connectivity index (χ1) is 10.9. The minimum absolute atomic E-state index is 0.0272. The molecule has 0 aliphatic heterocycles. The second kappa shape index (κ2) is 7.55. The van der Waals surface area contributed by atoms with Crippen LogP contribution in [0.25, 0.3) is 0 Å². The highest BCUT2D eigenvalue weighted by Gasteiger charge is 2.26. The molecule has 1 aromatic carbocycles. The van der Waals surface area contributed by atoms with Crippen LogP contribution >= 0.6 is 11.6 Å². The summed E-state index contributed by atoms with van der Waals surface area (Å²) >= 11 is 5.45. The van der Waals surface area contributed by atoms with Crippen LogP contribution in [0.5, 0.6) is 5.75 Å². The average Bonchev–Trinajstić information content (AvgIpc) is 2.42. The molecule has 0 unspecified atom stereocenters. The van der Waals surface area contributed by atoms with Crippen molar-refractivity contribution >= 4 is 28.4 Å². The van der Waals surface area contributed by atoms with Gasteiger partial charge < -0.3 is 10.0 Å². The Hall–Kier alpha value is -1.95. The summed E-state index contributed by atoms with van der Waals surface area (Å²) in [6, 6.07) is 3.80. The van der Waals surface area contributed by atoms with Gasteiger partial charge in [-0.1, -0.05) is 24.1 Å². The van der Waals surface area contributed by atoms with E-state index < -0.39 is 11.7 Å². The Balaban J connectivity index is 2.14. The van der Waals surface area contributed by atoms with Crippen molar-refractivity contribution in [1.82, 2.24) is 4.90 Å². The topological polar surface area (TPSA) is 88.2 Å². The molecule has 0 aromatic heterocycles. The third-order valence-corrected chi connectivity index (χ3v) is 4.11. The van der Waals surface area contributed by atoms with Gasteiger partial charge in [0.15, 0.2) is 0 Å². The van der Waals surface area contributed by atoms with Crippen molar-refractivity contribution in [2.24, 2.45) is 5.92 Å². The van der Waals surface area contributed by atoms with Crippen LogP contribution in [0.15, 0.2) is 18.2 Å². The van der Waals surface area contributed by atoms with E-state index in [2.05, 4.69) is 0 Å². The Morgan fingerprint density at radius 1 is 1.39 bits per heavy atom. The molecule has 3 N–H and O–H groups in total. The summed E-state index contributed by atoms with van der Waals surface area (Å²) in [5.74, 6) is -0.934. The lowest BCUT2D eigenvalue weighted by Crippen LogP contribution is -2.41. The van der Waals surface area contributed by atoms with Crippen molar-refractivity contribution in [3.8, 4) is 5.75 Å². The number of carbonyl (C=O) groups excluding carboxylic acids is 1. The van der Waals surface area contributed by atoms with E-state index in [0.29, 0.717) is 12.5 Å². The summed E-state index contributed by atoms with van der Waals surface area (Å²) in [7, 11) is 0. The average molecular weight is 340 g/mol. The van der Waals surface area contributed by atoms with Crippen LogP contribution in [0.3, 0.4) is 0 Å². The number of phenolic OH excluding ortho intramolecular Hbond substituents is 1. The van der Waals surface area contributed by atoms with Crippen molar-refractivity contribution in [3.05, 3.63) is 29.6 Å². The molecule has 0 heterocycles. The second-order valence-corrected chi connectivity index (χ2v) is 6.27. The molecule has 1 aliphatic rings. The summed E-state index contributed by atoms with van der Waals surface area (Å²) < 4.78 is 13.9. The van der Waals surface area contributed by atoms with Gasteiger partial charge in [0.2, 0.25) is 0 Å². The Morgan fingerprint density at radius 3 is 2.61 bits per heavy atom. The highest BCUT2D eigenvalue weighted by Crippen LogP contribution is 2.28. The highest BCUT2D eigenvalue weighted by atomic mass is 35.5. The highest BCUT2D eigenvalue weighted by molar-refractivity contribution is 6.67. The molecule has 7 heteroatoms. The number of amides is 1. The fourth-order valence-electron chi connectivity index (χ4n) is 2.50. The van der Waals surface area contributed by atoms with E-state index in [-0.39, 0.29) is 35.2 Å². The zero-order valence-electron chi connectivity index (χ0n) is 12.6. The van der Waals surface area contributed by atoms with Crippen molar-refractivity contribution in [3.63, 3.8) is 0 Å². The number of hydrogen-bond donors (Lipinski definition) is 3. The molecule has 5 nitrogen and oxygen atoms in total. The van der Waals surface area contributed by atoms with Crippen molar-refractivity contribution in [2.75, 3.05) is 6.54 Å². The molecular formula is C16H19ClFN3O2. The van der Waals surface area contributed by atoms with Crippen LogP contribution in [0.4, 0.5) is 4.39 Å². The van der Waals surface area contributed by atoms with Gasteiger partial charge >= 0.3 is 0 Å². The maximum Gasteiger partial charge on any atom is 0.268 e. The largest absolute Gasteiger partial charge is 0.508 e. The van der Waals surface area contributed by atoms with E-state index in [0.717, 1.165) is 25.3 Å². The molecule has 1 saturated carbocycles. The Morgan fingerprint density at radius 2 is 2.09 bits per heavy atom. The normalized spacial score (nSPS) is 14.2. The molecule has 1 aliphatic carbocycles. The molecule has 0 radical (unpaired) electrons. The first-order valence-electron chi connectivity index (χ1n) is 7.44. The second-order valence-electron chi connectivity index (χ2n) is 5.82. The van der Waals surface area contributed by atoms with Gasteiger partial charge in [-0.3, -0.25) is 15.6 Å². The third kappa shape index (κ3) is 4.76. The number of hydrogen-bond acceptors (Lipinski definition) is 4. The number of rotatable bonds is 7. The molecular weight excluding hydrogens is 321 g/mol. The van der Waals surface area contributed by atoms with Crippen LogP contribution in [0.2, 0.25) is 0 Å². The maximum atomic E-state index is 13.9. The smallest absolute Gasteiger partial charge is 0.268 e. The minimum atomic E-state index is -0.590. The number of nitrogens with zero attached hydrogens (tertiary/aromatic N) is 1.